The van der Waals surface area contributed by atoms with Crippen molar-refractivity contribution < 1.29 is 9.84 Å². The summed E-state index contributed by atoms with van der Waals surface area (Å²) in [6.45, 7) is 13.0. The molecule has 2 aliphatic heterocycles. The number of ether oxygens (including phenoxy) is 1. The van der Waals surface area contributed by atoms with Crippen molar-refractivity contribution in [2.75, 3.05) is 0 Å². The van der Waals surface area contributed by atoms with Crippen LogP contribution in [0.3, 0.4) is 0 Å². The lowest BCUT2D eigenvalue weighted by molar-refractivity contribution is -0.255. The van der Waals surface area contributed by atoms with E-state index in [2.05, 4.69) is 39.2 Å². The van der Waals surface area contributed by atoms with Gasteiger partial charge < -0.3 is 9.84 Å². The molecule has 16 heavy (non-hydrogen) atoms. The standard InChI is InChI=1S/C13H24O2Si/c1-6-16(4,5)11-10(2)13(14)9-7-8-12(11,3)15-13/h6,10-11,14H,1,7-9H2,2-5H3/t10-,11+,12+,13-/m1/s1. The maximum Gasteiger partial charge on any atom is 0.168 e. The van der Waals surface area contributed by atoms with Crippen LogP contribution < -0.4 is 0 Å². The van der Waals surface area contributed by atoms with Gasteiger partial charge in [-0.05, 0) is 25.3 Å². The second-order valence-corrected chi connectivity index (χ2v) is 11.1. The zero-order valence-electron chi connectivity index (χ0n) is 10.9. The van der Waals surface area contributed by atoms with E-state index in [-0.39, 0.29) is 11.5 Å². The Morgan fingerprint density at radius 3 is 2.56 bits per heavy atom. The summed E-state index contributed by atoms with van der Waals surface area (Å²) in [6, 6.07) is 0. The summed E-state index contributed by atoms with van der Waals surface area (Å²) in [7, 11) is -1.53. The average Bonchev–Trinajstić information content (AvgIpc) is 2.29. The highest BCUT2D eigenvalue weighted by Crippen LogP contribution is 2.60. The van der Waals surface area contributed by atoms with Crippen molar-refractivity contribution in [1.82, 2.24) is 0 Å². The Morgan fingerprint density at radius 1 is 1.44 bits per heavy atom. The summed E-state index contributed by atoms with van der Waals surface area (Å²) in [5.74, 6) is -0.634. The molecule has 4 atom stereocenters. The van der Waals surface area contributed by atoms with Crippen LogP contribution in [0.2, 0.25) is 18.6 Å². The van der Waals surface area contributed by atoms with Crippen molar-refractivity contribution in [2.45, 2.75) is 63.1 Å². The molecule has 0 spiro atoms. The maximum absolute atomic E-state index is 10.6. The highest BCUT2D eigenvalue weighted by Gasteiger charge is 2.63. The molecule has 92 valence electrons. The molecule has 2 saturated heterocycles. The molecule has 0 radical (unpaired) electrons. The number of hydrogen-bond donors (Lipinski definition) is 1. The van der Waals surface area contributed by atoms with Crippen LogP contribution in [0.4, 0.5) is 0 Å². The first-order chi connectivity index (χ1) is 7.25. The van der Waals surface area contributed by atoms with Gasteiger partial charge in [0, 0.05) is 12.3 Å². The predicted molar refractivity (Wildman–Crippen MR) is 68.9 cm³/mol. The normalized spacial score (nSPS) is 48.1. The van der Waals surface area contributed by atoms with Gasteiger partial charge in [-0.25, -0.2) is 0 Å². The van der Waals surface area contributed by atoms with Gasteiger partial charge in [-0.2, -0.15) is 0 Å². The molecule has 0 unspecified atom stereocenters. The number of aliphatic hydroxyl groups is 1. The summed E-state index contributed by atoms with van der Waals surface area (Å²) in [5.41, 5.74) is 2.49. The molecular formula is C13H24O2Si. The fourth-order valence-corrected chi connectivity index (χ4v) is 7.67. The van der Waals surface area contributed by atoms with Gasteiger partial charge in [0.25, 0.3) is 0 Å². The van der Waals surface area contributed by atoms with Gasteiger partial charge >= 0.3 is 0 Å². The zero-order valence-corrected chi connectivity index (χ0v) is 11.9. The first-order valence-electron chi connectivity index (χ1n) is 6.31. The molecule has 2 bridgehead atoms. The SMILES string of the molecule is C=C[Si](C)(C)[C@H]1[C@@H](C)[C@@]2(O)CCC[C@]1(C)O2. The number of hydrogen-bond acceptors (Lipinski definition) is 2. The second kappa shape index (κ2) is 3.44. The van der Waals surface area contributed by atoms with Gasteiger partial charge in [0.05, 0.1) is 13.7 Å². The highest BCUT2D eigenvalue weighted by molar-refractivity contribution is 6.83. The Hall–Kier alpha value is -0.123. The van der Waals surface area contributed by atoms with Gasteiger partial charge in [-0.3, -0.25) is 0 Å². The molecule has 2 heterocycles. The fourth-order valence-electron chi connectivity index (χ4n) is 4.09. The van der Waals surface area contributed by atoms with Crippen molar-refractivity contribution >= 4 is 8.07 Å². The third kappa shape index (κ3) is 1.52. The van der Waals surface area contributed by atoms with Crippen molar-refractivity contribution in [3.05, 3.63) is 12.3 Å². The minimum atomic E-state index is -1.53. The molecule has 0 aromatic heterocycles. The molecule has 0 amide bonds. The third-order valence-electron chi connectivity index (χ3n) is 4.82. The van der Waals surface area contributed by atoms with Crippen LogP contribution in [0, 0.1) is 5.92 Å². The van der Waals surface area contributed by atoms with E-state index < -0.39 is 13.9 Å². The van der Waals surface area contributed by atoms with Crippen LogP contribution >= 0.6 is 0 Å². The van der Waals surface area contributed by atoms with Crippen LogP contribution in [-0.4, -0.2) is 24.6 Å². The first-order valence-corrected chi connectivity index (χ1v) is 9.47. The van der Waals surface area contributed by atoms with E-state index in [9.17, 15) is 5.11 Å². The van der Waals surface area contributed by atoms with Crippen LogP contribution in [0.25, 0.3) is 0 Å². The van der Waals surface area contributed by atoms with Gasteiger partial charge in [0.1, 0.15) is 0 Å². The van der Waals surface area contributed by atoms with E-state index in [0.29, 0.717) is 5.54 Å². The van der Waals surface area contributed by atoms with Crippen LogP contribution in [0.15, 0.2) is 12.3 Å². The monoisotopic (exact) mass is 240 g/mol. The van der Waals surface area contributed by atoms with Crippen LogP contribution in [0.5, 0.6) is 0 Å². The molecule has 1 N–H and O–H groups in total. The quantitative estimate of drug-likeness (QED) is 0.752. The molecule has 0 aromatic carbocycles. The molecule has 2 fully saturated rings. The summed E-state index contributed by atoms with van der Waals surface area (Å²) in [4.78, 5) is 0. The highest BCUT2D eigenvalue weighted by atomic mass is 28.3. The van der Waals surface area contributed by atoms with Gasteiger partial charge in [-0.15, -0.1) is 12.3 Å². The van der Waals surface area contributed by atoms with Crippen molar-refractivity contribution in [3.63, 3.8) is 0 Å². The topological polar surface area (TPSA) is 29.5 Å². The van der Waals surface area contributed by atoms with Gasteiger partial charge in [-0.1, -0.05) is 20.0 Å². The van der Waals surface area contributed by atoms with E-state index >= 15 is 0 Å². The van der Waals surface area contributed by atoms with E-state index in [1.165, 1.54) is 0 Å². The minimum absolute atomic E-state index is 0.129. The van der Waals surface area contributed by atoms with Crippen molar-refractivity contribution in [1.29, 1.82) is 0 Å². The Labute approximate surface area is 99.7 Å². The zero-order chi connectivity index (χ0) is 12.2. The maximum atomic E-state index is 10.6. The van der Waals surface area contributed by atoms with E-state index in [0.717, 1.165) is 19.3 Å². The lowest BCUT2D eigenvalue weighted by Crippen LogP contribution is -2.44. The van der Waals surface area contributed by atoms with Crippen molar-refractivity contribution in [3.8, 4) is 0 Å². The van der Waals surface area contributed by atoms with Crippen molar-refractivity contribution in [2.24, 2.45) is 5.92 Å². The largest absolute Gasteiger partial charge is 0.365 e. The van der Waals surface area contributed by atoms with E-state index in [4.69, 9.17) is 4.74 Å². The van der Waals surface area contributed by atoms with Crippen LogP contribution in [-0.2, 0) is 4.74 Å². The smallest absolute Gasteiger partial charge is 0.168 e. The summed E-state index contributed by atoms with van der Waals surface area (Å²) < 4.78 is 6.03. The Balaban J connectivity index is 2.42. The summed E-state index contributed by atoms with van der Waals surface area (Å²) in [6.07, 6.45) is 2.95. The van der Waals surface area contributed by atoms with Crippen LogP contribution in [0.1, 0.15) is 33.1 Å². The number of rotatable bonds is 2. The van der Waals surface area contributed by atoms with Gasteiger partial charge in [0.15, 0.2) is 5.79 Å². The third-order valence-corrected chi connectivity index (χ3v) is 8.58. The molecule has 0 aliphatic carbocycles. The molecular weight excluding hydrogens is 216 g/mol. The second-order valence-electron chi connectivity index (χ2n) is 6.40. The first kappa shape index (κ1) is 12.3. The minimum Gasteiger partial charge on any atom is -0.365 e. The Morgan fingerprint density at radius 2 is 2.06 bits per heavy atom. The summed E-state index contributed by atoms with van der Waals surface area (Å²) >= 11 is 0. The molecule has 0 saturated carbocycles. The lowest BCUT2D eigenvalue weighted by atomic mass is 9.93. The average molecular weight is 240 g/mol. The van der Waals surface area contributed by atoms with E-state index in [1.54, 1.807) is 0 Å². The molecule has 2 nitrogen and oxygen atoms in total. The Bertz CT molecular complexity index is 315. The lowest BCUT2D eigenvalue weighted by Gasteiger charge is -2.40. The van der Waals surface area contributed by atoms with E-state index in [1.807, 2.05) is 0 Å². The molecule has 0 aromatic rings. The number of fused-ring (bicyclic) bond motifs is 2. The predicted octanol–water partition coefficient (Wildman–Crippen LogP) is 3.09. The fraction of sp³-hybridized carbons (Fsp3) is 0.846. The van der Waals surface area contributed by atoms with Gasteiger partial charge in [0.2, 0.25) is 0 Å². The molecule has 2 rings (SSSR count). The Kier molecular flexibility index (Phi) is 2.65. The molecule has 2 aliphatic rings. The molecule has 3 heteroatoms. The summed E-state index contributed by atoms with van der Waals surface area (Å²) in [5, 5.41) is 10.6.